The fourth-order valence-corrected chi connectivity index (χ4v) is 5.23. The zero-order chi connectivity index (χ0) is 23.5. The minimum Gasteiger partial charge on any atom is -0.350 e. The number of likely N-dealkylation sites (tertiary alicyclic amines) is 2. The molecule has 2 aliphatic heterocycles. The number of nitrogens with one attached hydrogen (secondary N) is 1. The van der Waals surface area contributed by atoms with Crippen LogP contribution in [0, 0.1) is 0 Å². The first-order chi connectivity index (χ1) is 16.6. The third-order valence-corrected chi connectivity index (χ3v) is 6.97. The van der Waals surface area contributed by atoms with Crippen LogP contribution in [-0.4, -0.2) is 52.7 Å². The Hall–Kier alpha value is -3.67. The van der Waals surface area contributed by atoms with Gasteiger partial charge in [-0.25, -0.2) is 0 Å². The Kier molecular flexibility index (Phi) is 6.30. The second-order valence-electron chi connectivity index (χ2n) is 9.08. The van der Waals surface area contributed by atoms with Crippen LogP contribution in [0.4, 0.5) is 0 Å². The predicted molar refractivity (Wildman–Crippen MR) is 131 cm³/mol. The van der Waals surface area contributed by atoms with E-state index in [9.17, 15) is 14.4 Å². The monoisotopic (exact) mass is 455 g/mol. The molecular formula is C28H29N3O3. The Labute approximate surface area is 199 Å². The molecule has 5 rings (SSSR count). The summed E-state index contributed by atoms with van der Waals surface area (Å²) in [5.41, 5.74) is 1.64. The molecule has 3 amide bonds. The Morgan fingerprint density at radius 2 is 1.44 bits per heavy atom. The second-order valence-corrected chi connectivity index (χ2v) is 9.08. The molecule has 2 heterocycles. The van der Waals surface area contributed by atoms with Gasteiger partial charge in [0.05, 0.1) is 0 Å². The third-order valence-electron chi connectivity index (χ3n) is 6.97. The molecule has 0 spiro atoms. The van der Waals surface area contributed by atoms with E-state index < -0.39 is 12.1 Å². The summed E-state index contributed by atoms with van der Waals surface area (Å²) in [6, 6.07) is 22.3. The molecule has 0 aromatic heterocycles. The van der Waals surface area contributed by atoms with Crippen molar-refractivity contribution < 1.29 is 14.4 Å². The molecular weight excluding hydrogens is 426 g/mol. The van der Waals surface area contributed by atoms with Gasteiger partial charge in [0, 0.05) is 25.2 Å². The molecule has 3 aromatic carbocycles. The zero-order valence-corrected chi connectivity index (χ0v) is 19.2. The highest BCUT2D eigenvalue weighted by Crippen LogP contribution is 2.28. The maximum absolute atomic E-state index is 13.6. The summed E-state index contributed by atoms with van der Waals surface area (Å²) < 4.78 is 0. The highest BCUT2D eigenvalue weighted by atomic mass is 16.2. The molecule has 2 aliphatic rings. The molecule has 1 N–H and O–H groups in total. The Morgan fingerprint density at radius 1 is 0.765 bits per heavy atom. The molecule has 2 atom stereocenters. The lowest BCUT2D eigenvalue weighted by Crippen LogP contribution is -2.52. The van der Waals surface area contributed by atoms with Crippen molar-refractivity contribution in [3.8, 4) is 0 Å². The van der Waals surface area contributed by atoms with Crippen molar-refractivity contribution in [2.75, 3.05) is 13.1 Å². The molecule has 2 fully saturated rings. The molecule has 0 aliphatic carbocycles. The van der Waals surface area contributed by atoms with Crippen molar-refractivity contribution in [1.82, 2.24) is 15.1 Å². The van der Waals surface area contributed by atoms with Crippen molar-refractivity contribution in [2.45, 2.75) is 44.3 Å². The number of carbonyl (C=O) groups is 3. The van der Waals surface area contributed by atoms with Crippen LogP contribution in [0.15, 0.2) is 72.8 Å². The minimum absolute atomic E-state index is 0.108. The molecule has 6 nitrogen and oxygen atoms in total. The summed E-state index contributed by atoms with van der Waals surface area (Å²) in [5.74, 6) is -0.347. The molecule has 0 unspecified atom stereocenters. The lowest BCUT2D eigenvalue weighted by atomic mass is 10.0. The fourth-order valence-electron chi connectivity index (χ4n) is 5.23. The van der Waals surface area contributed by atoms with Gasteiger partial charge in [0.2, 0.25) is 11.8 Å². The first-order valence-corrected chi connectivity index (χ1v) is 12.0. The van der Waals surface area contributed by atoms with Gasteiger partial charge in [0.1, 0.15) is 12.1 Å². The van der Waals surface area contributed by atoms with Crippen LogP contribution in [0.5, 0.6) is 0 Å². The van der Waals surface area contributed by atoms with Crippen molar-refractivity contribution in [3.05, 3.63) is 83.9 Å². The number of hydrogen-bond donors (Lipinski definition) is 1. The van der Waals surface area contributed by atoms with Crippen LogP contribution in [0.1, 0.15) is 41.6 Å². The van der Waals surface area contributed by atoms with E-state index in [2.05, 4.69) is 5.32 Å². The average Bonchev–Trinajstić information content (AvgIpc) is 3.57. The summed E-state index contributed by atoms with van der Waals surface area (Å²) in [7, 11) is 0. The second kappa shape index (κ2) is 9.67. The molecule has 34 heavy (non-hydrogen) atoms. The van der Waals surface area contributed by atoms with Gasteiger partial charge in [0.15, 0.2) is 0 Å². The number of benzene rings is 3. The molecule has 0 saturated carbocycles. The smallest absolute Gasteiger partial charge is 0.255 e. The minimum atomic E-state index is -0.519. The average molecular weight is 456 g/mol. The number of amides is 3. The van der Waals surface area contributed by atoms with Gasteiger partial charge in [-0.2, -0.15) is 0 Å². The van der Waals surface area contributed by atoms with E-state index in [4.69, 9.17) is 0 Å². The lowest BCUT2D eigenvalue weighted by molar-refractivity contribution is -0.141. The number of carbonyl (C=O) groups excluding carboxylic acids is 3. The van der Waals surface area contributed by atoms with Gasteiger partial charge in [-0.05, 0) is 48.1 Å². The number of nitrogens with zero attached hydrogens (tertiary/aromatic N) is 2. The summed E-state index contributed by atoms with van der Waals surface area (Å²) in [5, 5.41) is 4.88. The largest absolute Gasteiger partial charge is 0.350 e. The molecule has 0 radical (unpaired) electrons. The van der Waals surface area contributed by atoms with Crippen LogP contribution in [0.2, 0.25) is 0 Å². The van der Waals surface area contributed by atoms with E-state index >= 15 is 0 Å². The van der Waals surface area contributed by atoms with Gasteiger partial charge >= 0.3 is 0 Å². The SMILES string of the molecule is O=C(NCc1ccccc1)[C@@H]1CCCN1C(=O)[C@H]1CCCN1C(=O)c1cccc2ccccc12. The summed E-state index contributed by atoms with van der Waals surface area (Å²) >= 11 is 0. The first-order valence-electron chi connectivity index (χ1n) is 12.0. The Balaban J connectivity index is 1.31. The van der Waals surface area contributed by atoms with Gasteiger partial charge < -0.3 is 15.1 Å². The standard InChI is InChI=1S/C28H29N3O3/c32-26(29-19-20-9-2-1-3-10-20)24-15-7-17-30(24)28(34)25-16-8-18-31(25)27(33)23-14-6-12-21-11-4-5-13-22(21)23/h1-6,9-14,24-25H,7-8,15-19H2,(H,29,32)/t24-,25+/m0/s1. The summed E-state index contributed by atoms with van der Waals surface area (Å²) in [6.45, 7) is 1.54. The Bertz CT molecular complexity index is 1200. The van der Waals surface area contributed by atoms with E-state index in [0.717, 1.165) is 29.2 Å². The van der Waals surface area contributed by atoms with E-state index in [1.165, 1.54) is 0 Å². The van der Waals surface area contributed by atoms with Gasteiger partial charge in [-0.15, -0.1) is 0 Å². The third kappa shape index (κ3) is 4.28. The molecule has 6 heteroatoms. The van der Waals surface area contributed by atoms with Gasteiger partial charge in [-0.3, -0.25) is 14.4 Å². The van der Waals surface area contributed by atoms with E-state index in [0.29, 0.717) is 38.0 Å². The highest BCUT2D eigenvalue weighted by molar-refractivity contribution is 6.08. The molecule has 3 aromatic rings. The van der Waals surface area contributed by atoms with Crippen LogP contribution in [0.25, 0.3) is 10.8 Å². The summed E-state index contributed by atoms with van der Waals surface area (Å²) in [4.78, 5) is 43.5. The van der Waals surface area contributed by atoms with Crippen molar-refractivity contribution in [1.29, 1.82) is 0 Å². The van der Waals surface area contributed by atoms with Gasteiger partial charge in [-0.1, -0.05) is 66.7 Å². The maximum Gasteiger partial charge on any atom is 0.255 e. The normalized spacial score (nSPS) is 20.0. The lowest BCUT2D eigenvalue weighted by Gasteiger charge is -2.31. The molecule has 2 saturated heterocycles. The van der Waals surface area contributed by atoms with Crippen molar-refractivity contribution in [2.24, 2.45) is 0 Å². The maximum atomic E-state index is 13.6. The fraction of sp³-hybridized carbons (Fsp3) is 0.321. The van der Waals surface area contributed by atoms with Crippen LogP contribution >= 0.6 is 0 Å². The molecule has 174 valence electrons. The quantitative estimate of drug-likeness (QED) is 0.637. The number of fused-ring (bicyclic) bond motifs is 1. The van der Waals surface area contributed by atoms with Crippen molar-refractivity contribution >= 4 is 28.5 Å². The van der Waals surface area contributed by atoms with Crippen LogP contribution in [0.3, 0.4) is 0 Å². The zero-order valence-electron chi connectivity index (χ0n) is 19.2. The number of hydrogen-bond acceptors (Lipinski definition) is 3. The van der Waals surface area contributed by atoms with E-state index in [1.54, 1.807) is 9.80 Å². The first kappa shape index (κ1) is 22.1. The molecule has 0 bridgehead atoms. The predicted octanol–water partition coefficient (Wildman–Crippen LogP) is 3.75. The number of rotatable bonds is 5. The Morgan fingerprint density at radius 3 is 2.26 bits per heavy atom. The van der Waals surface area contributed by atoms with E-state index in [-0.39, 0.29) is 17.7 Å². The summed E-state index contributed by atoms with van der Waals surface area (Å²) in [6.07, 6.45) is 2.85. The van der Waals surface area contributed by atoms with Crippen LogP contribution < -0.4 is 5.32 Å². The topological polar surface area (TPSA) is 69.7 Å². The van der Waals surface area contributed by atoms with E-state index in [1.807, 2.05) is 72.8 Å². The van der Waals surface area contributed by atoms with Crippen molar-refractivity contribution in [3.63, 3.8) is 0 Å². The highest BCUT2D eigenvalue weighted by Gasteiger charge is 2.42. The van der Waals surface area contributed by atoms with Gasteiger partial charge in [0.25, 0.3) is 5.91 Å². The van der Waals surface area contributed by atoms with Crippen LogP contribution in [-0.2, 0) is 16.1 Å².